The molecule has 0 saturated carbocycles. The summed E-state index contributed by atoms with van der Waals surface area (Å²) >= 11 is 0. The fourth-order valence-electron chi connectivity index (χ4n) is 1.89. The van der Waals surface area contributed by atoms with Gasteiger partial charge in [0.25, 0.3) is 0 Å². The molecule has 2 nitrogen and oxygen atoms in total. The Morgan fingerprint density at radius 2 is 2.00 bits per heavy atom. The molecule has 0 spiro atoms. The average molecular weight is 183 g/mol. The number of aldehydes is 1. The van der Waals surface area contributed by atoms with Crippen LogP contribution >= 0.6 is 0 Å². The Balaban J connectivity index is 2.01. The molecule has 0 N–H and O–H groups in total. The predicted molar refractivity (Wildman–Crippen MR) is 54.8 cm³/mol. The van der Waals surface area contributed by atoms with Crippen LogP contribution in [0.5, 0.6) is 0 Å². The molecule has 0 aliphatic carbocycles. The maximum Gasteiger partial charge on any atom is 0.122 e. The van der Waals surface area contributed by atoms with Gasteiger partial charge in [0.2, 0.25) is 0 Å². The fraction of sp³-hybridized carbons (Fsp3) is 0.909. The van der Waals surface area contributed by atoms with Crippen molar-refractivity contribution in [3.05, 3.63) is 0 Å². The van der Waals surface area contributed by atoms with E-state index >= 15 is 0 Å². The minimum absolute atomic E-state index is 0.254. The Labute approximate surface area is 81.3 Å². The summed E-state index contributed by atoms with van der Waals surface area (Å²) in [5.74, 6) is 0.254. The molecule has 0 unspecified atom stereocenters. The first kappa shape index (κ1) is 10.7. The summed E-state index contributed by atoms with van der Waals surface area (Å²) < 4.78 is 0. The molecule has 0 aromatic carbocycles. The number of hydrogen-bond acceptors (Lipinski definition) is 2. The average Bonchev–Trinajstić information content (AvgIpc) is 2.19. The van der Waals surface area contributed by atoms with Gasteiger partial charge in [0, 0.05) is 5.92 Å². The van der Waals surface area contributed by atoms with E-state index in [2.05, 4.69) is 4.90 Å². The largest absolute Gasteiger partial charge is 0.303 e. The molecule has 1 saturated heterocycles. The first-order chi connectivity index (χ1) is 6.33. The number of carbonyl (C=O) groups excluding carboxylic acids is 1. The molecule has 0 amide bonds. The highest BCUT2D eigenvalue weighted by Crippen LogP contribution is 2.10. The molecule has 13 heavy (non-hydrogen) atoms. The van der Waals surface area contributed by atoms with E-state index in [9.17, 15) is 4.79 Å². The molecule has 1 fully saturated rings. The van der Waals surface area contributed by atoms with Gasteiger partial charge in [-0.1, -0.05) is 13.3 Å². The van der Waals surface area contributed by atoms with E-state index in [0.29, 0.717) is 0 Å². The number of carbonyl (C=O) groups is 1. The van der Waals surface area contributed by atoms with Gasteiger partial charge in [-0.25, -0.2) is 0 Å². The van der Waals surface area contributed by atoms with Gasteiger partial charge < -0.3 is 9.69 Å². The van der Waals surface area contributed by atoms with Gasteiger partial charge in [0.15, 0.2) is 0 Å². The lowest BCUT2D eigenvalue weighted by Gasteiger charge is -2.26. The van der Waals surface area contributed by atoms with E-state index in [4.69, 9.17) is 0 Å². The Kier molecular flexibility index (Phi) is 5.06. The molecule has 0 aromatic heterocycles. The zero-order valence-electron chi connectivity index (χ0n) is 8.67. The normalized spacial score (nSPS) is 21.3. The Hall–Kier alpha value is -0.370. The predicted octanol–water partition coefficient (Wildman–Crippen LogP) is 2.09. The van der Waals surface area contributed by atoms with E-state index in [0.717, 1.165) is 12.7 Å². The van der Waals surface area contributed by atoms with Crippen molar-refractivity contribution in [3.8, 4) is 0 Å². The molecule has 2 heteroatoms. The first-order valence-corrected chi connectivity index (χ1v) is 5.50. The van der Waals surface area contributed by atoms with E-state index in [1.165, 1.54) is 45.3 Å². The van der Waals surface area contributed by atoms with Crippen LogP contribution in [0, 0.1) is 5.92 Å². The maximum absolute atomic E-state index is 10.4. The number of hydrogen-bond donors (Lipinski definition) is 0. The minimum Gasteiger partial charge on any atom is -0.303 e. The third kappa shape index (κ3) is 4.41. The van der Waals surface area contributed by atoms with Crippen LogP contribution in [0.15, 0.2) is 0 Å². The summed E-state index contributed by atoms with van der Waals surface area (Å²) in [5, 5.41) is 0. The highest BCUT2D eigenvalue weighted by Gasteiger charge is 2.09. The van der Waals surface area contributed by atoms with Crippen molar-refractivity contribution in [2.75, 3.05) is 19.6 Å². The Morgan fingerprint density at radius 1 is 1.31 bits per heavy atom. The quantitative estimate of drug-likeness (QED) is 0.608. The summed E-state index contributed by atoms with van der Waals surface area (Å²) in [5.41, 5.74) is 0. The second kappa shape index (κ2) is 6.14. The summed E-state index contributed by atoms with van der Waals surface area (Å²) in [4.78, 5) is 12.9. The summed E-state index contributed by atoms with van der Waals surface area (Å²) in [6, 6.07) is 0. The van der Waals surface area contributed by atoms with Gasteiger partial charge in [-0.05, 0) is 45.3 Å². The minimum atomic E-state index is 0.254. The van der Waals surface area contributed by atoms with Crippen molar-refractivity contribution in [1.29, 1.82) is 0 Å². The molecule has 1 rings (SSSR count). The van der Waals surface area contributed by atoms with Gasteiger partial charge in [-0.3, -0.25) is 0 Å². The van der Waals surface area contributed by atoms with E-state index in [-0.39, 0.29) is 5.92 Å². The van der Waals surface area contributed by atoms with Crippen molar-refractivity contribution in [3.63, 3.8) is 0 Å². The van der Waals surface area contributed by atoms with Crippen molar-refractivity contribution in [2.45, 2.75) is 39.0 Å². The molecule has 1 aliphatic rings. The molecular formula is C11H21NO. The van der Waals surface area contributed by atoms with Crippen molar-refractivity contribution in [2.24, 2.45) is 5.92 Å². The highest BCUT2D eigenvalue weighted by atomic mass is 16.1. The molecule has 1 aliphatic heterocycles. The SMILES string of the molecule is C[C@H](C=O)CCCN1CCCCC1. The molecular weight excluding hydrogens is 162 g/mol. The number of likely N-dealkylation sites (tertiary alicyclic amines) is 1. The second-order valence-corrected chi connectivity index (χ2v) is 4.16. The molecule has 76 valence electrons. The fourth-order valence-corrected chi connectivity index (χ4v) is 1.89. The van der Waals surface area contributed by atoms with Crippen LogP contribution in [0.2, 0.25) is 0 Å². The molecule has 0 aromatic rings. The van der Waals surface area contributed by atoms with Crippen molar-refractivity contribution < 1.29 is 4.79 Å². The molecule has 0 bridgehead atoms. The maximum atomic E-state index is 10.4. The smallest absolute Gasteiger partial charge is 0.122 e. The van der Waals surface area contributed by atoms with Gasteiger partial charge in [-0.2, -0.15) is 0 Å². The first-order valence-electron chi connectivity index (χ1n) is 5.50. The van der Waals surface area contributed by atoms with Crippen LogP contribution in [-0.4, -0.2) is 30.8 Å². The van der Waals surface area contributed by atoms with E-state index < -0.39 is 0 Å². The van der Waals surface area contributed by atoms with Crippen molar-refractivity contribution in [1.82, 2.24) is 4.90 Å². The Morgan fingerprint density at radius 3 is 2.62 bits per heavy atom. The summed E-state index contributed by atoms with van der Waals surface area (Å²) in [6.45, 7) is 5.74. The third-order valence-corrected chi connectivity index (χ3v) is 2.81. The lowest BCUT2D eigenvalue weighted by Crippen LogP contribution is -2.30. The van der Waals surface area contributed by atoms with Crippen LogP contribution in [0.3, 0.4) is 0 Å². The van der Waals surface area contributed by atoms with Crippen LogP contribution in [0.1, 0.15) is 39.0 Å². The van der Waals surface area contributed by atoms with Gasteiger partial charge >= 0.3 is 0 Å². The lowest BCUT2D eigenvalue weighted by atomic mass is 10.1. The standard InChI is InChI=1S/C11H21NO/c1-11(10-13)6-5-9-12-7-3-2-4-8-12/h10-11H,2-9H2,1H3/t11-/m0/s1. The van der Waals surface area contributed by atoms with Crippen LogP contribution in [0.4, 0.5) is 0 Å². The highest BCUT2D eigenvalue weighted by molar-refractivity contribution is 5.52. The molecule has 1 atom stereocenters. The zero-order valence-corrected chi connectivity index (χ0v) is 8.67. The summed E-state index contributed by atoms with van der Waals surface area (Å²) in [7, 11) is 0. The van der Waals surface area contributed by atoms with Crippen LogP contribution in [-0.2, 0) is 4.79 Å². The third-order valence-electron chi connectivity index (χ3n) is 2.81. The summed E-state index contributed by atoms with van der Waals surface area (Å²) in [6.07, 6.45) is 7.43. The second-order valence-electron chi connectivity index (χ2n) is 4.16. The number of piperidine rings is 1. The topological polar surface area (TPSA) is 20.3 Å². The van der Waals surface area contributed by atoms with E-state index in [1.54, 1.807) is 0 Å². The number of rotatable bonds is 5. The van der Waals surface area contributed by atoms with Gasteiger partial charge in [-0.15, -0.1) is 0 Å². The monoisotopic (exact) mass is 183 g/mol. The zero-order chi connectivity index (χ0) is 9.52. The molecule has 1 heterocycles. The van der Waals surface area contributed by atoms with E-state index in [1.807, 2.05) is 6.92 Å². The van der Waals surface area contributed by atoms with Crippen LogP contribution < -0.4 is 0 Å². The Bertz CT molecular complexity index is 141. The lowest BCUT2D eigenvalue weighted by molar-refractivity contribution is -0.110. The van der Waals surface area contributed by atoms with Gasteiger partial charge in [0.1, 0.15) is 6.29 Å². The number of nitrogens with zero attached hydrogens (tertiary/aromatic N) is 1. The van der Waals surface area contributed by atoms with Crippen molar-refractivity contribution >= 4 is 6.29 Å². The van der Waals surface area contributed by atoms with Gasteiger partial charge in [0.05, 0.1) is 0 Å². The molecule has 0 radical (unpaired) electrons. The van der Waals surface area contributed by atoms with Crippen LogP contribution in [0.25, 0.3) is 0 Å².